The molecular formula is C13H21NO3. The van der Waals surface area contributed by atoms with Crippen molar-refractivity contribution in [3.8, 4) is 17.2 Å². The average molecular weight is 239 g/mol. The second-order valence-corrected chi connectivity index (χ2v) is 4.15. The Labute approximate surface area is 103 Å². The summed E-state index contributed by atoms with van der Waals surface area (Å²) in [4.78, 5) is 2.07. The Balaban J connectivity index is 2.85. The fourth-order valence-electron chi connectivity index (χ4n) is 1.51. The van der Waals surface area contributed by atoms with Crippen LogP contribution in [0.1, 0.15) is 5.56 Å². The normalized spacial score (nSPS) is 10.5. The molecule has 0 saturated heterocycles. The number of hydrogen-bond donors (Lipinski definition) is 0. The van der Waals surface area contributed by atoms with Crippen molar-refractivity contribution in [2.45, 2.75) is 6.92 Å². The number of methoxy groups -OCH3 is 2. The highest BCUT2D eigenvalue weighted by Gasteiger charge is 2.12. The summed E-state index contributed by atoms with van der Waals surface area (Å²) in [6.07, 6.45) is 0. The lowest BCUT2D eigenvalue weighted by molar-refractivity contribution is 0.246. The van der Waals surface area contributed by atoms with Gasteiger partial charge in [-0.05, 0) is 38.7 Å². The molecule has 4 nitrogen and oxygen atoms in total. The summed E-state index contributed by atoms with van der Waals surface area (Å²) in [5.41, 5.74) is 1.09. The lowest BCUT2D eigenvalue weighted by Crippen LogP contribution is -2.19. The van der Waals surface area contributed by atoms with Gasteiger partial charge in [0.25, 0.3) is 0 Å². The second kappa shape index (κ2) is 6.35. The van der Waals surface area contributed by atoms with Gasteiger partial charge in [-0.3, -0.25) is 0 Å². The predicted octanol–water partition coefficient (Wildman–Crippen LogP) is 1.95. The van der Waals surface area contributed by atoms with Crippen LogP contribution >= 0.6 is 0 Å². The molecule has 0 amide bonds. The minimum Gasteiger partial charge on any atom is -0.493 e. The molecule has 0 aromatic heterocycles. The summed E-state index contributed by atoms with van der Waals surface area (Å²) in [6.45, 7) is 3.48. The van der Waals surface area contributed by atoms with Gasteiger partial charge in [-0.15, -0.1) is 0 Å². The standard InChI is InChI=1S/C13H21NO3/c1-10-8-11(15-4)13(16-5)12(9-10)17-7-6-14(2)3/h8-9H,6-7H2,1-5H3. The molecule has 0 bridgehead atoms. The third-order valence-electron chi connectivity index (χ3n) is 2.39. The number of nitrogens with zero attached hydrogens (tertiary/aromatic N) is 1. The minimum absolute atomic E-state index is 0.621. The van der Waals surface area contributed by atoms with Crippen LogP contribution in [0.2, 0.25) is 0 Å². The zero-order chi connectivity index (χ0) is 12.8. The molecule has 0 aliphatic heterocycles. The quantitative estimate of drug-likeness (QED) is 0.759. The van der Waals surface area contributed by atoms with Gasteiger partial charge < -0.3 is 19.1 Å². The summed E-state index contributed by atoms with van der Waals surface area (Å²) in [6, 6.07) is 3.88. The van der Waals surface area contributed by atoms with Crippen LogP contribution in [0.15, 0.2) is 12.1 Å². The molecule has 0 fully saturated rings. The van der Waals surface area contributed by atoms with E-state index in [0.29, 0.717) is 18.1 Å². The van der Waals surface area contributed by atoms with Gasteiger partial charge in [-0.2, -0.15) is 0 Å². The third-order valence-corrected chi connectivity index (χ3v) is 2.39. The monoisotopic (exact) mass is 239 g/mol. The highest BCUT2D eigenvalue weighted by molar-refractivity contribution is 5.53. The molecule has 0 aliphatic rings. The summed E-state index contributed by atoms with van der Waals surface area (Å²) >= 11 is 0. The Morgan fingerprint density at radius 2 is 1.71 bits per heavy atom. The van der Waals surface area contributed by atoms with Crippen LogP contribution in [0, 0.1) is 6.92 Å². The lowest BCUT2D eigenvalue weighted by Gasteiger charge is -2.16. The molecule has 1 aromatic rings. The first-order valence-electron chi connectivity index (χ1n) is 5.58. The Kier molecular flexibility index (Phi) is 5.10. The molecule has 1 rings (SSSR count). The molecule has 1 aromatic carbocycles. The van der Waals surface area contributed by atoms with Crippen molar-refractivity contribution in [3.63, 3.8) is 0 Å². The van der Waals surface area contributed by atoms with Crippen molar-refractivity contribution in [1.29, 1.82) is 0 Å². The van der Waals surface area contributed by atoms with Crippen LogP contribution in [0.25, 0.3) is 0 Å². The highest BCUT2D eigenvalue weighted by atomic mass is 16.5. The Morgan fingerprint density at radius 1 is 1.06 bits per heavy atom. The van der Waals surface area contributed by atoms with Crippen molar-refractivity contribution in [2.75, 3.05) is 41.5 Å². The maximum absolute atomic E-state index is 5.72. The molecular weight excluding hydrogens is 218 g/mol. The van der Waals surface area contributed by atoms with Crippen molar-refractivity contribution in [1.82, 2.24) is 4.90 Å². The Morgan fingerprint density at radius 3 is 2.24 bits per heavy atom. The van der Waals surface area contributed by atoms with Crippen LogP contribution in [-0.4, -0.2) is 46.4 Å². The maximum atomic E-state index is 5.72. The average Bonchev–Trinajstić information content (AvgIpc) is 2.27. The first-order chi connectivity index (χ1) is 8.08. The van der Waals surface area contributed by atoms with Crippen LogP contribution in [0.3, 0.4) is 0 Å². The number of rotatable bonds is 6. The minimum atomic E-state index is 0.621. The second-order valence-electron chi connectivity index (χ2n) is 4.15. The van der Waals surface area contributed by atoms with Crippen molar-refractivity contribution in [2.24, 2.45) is 0 Å². The molecule has 17 heavy (non-hydrogen) atoms. The Bertz CT molecular complexity index is 364. The van der Waals surface area contributed by atoms with E-state index in [1.54, 1.807) is 14.2 Å². The van der Waals surface area contributed by atoms with E-state index in [9.17, 15) is 0 Å². The van der Waals surface area contributed by atoms with Crippen molar-refractivity contribution < 1.29 is 14.2 Å². The molecule has 4 heteroatoms. The molecule has 0 radical (unpaired) electrons. The zero-order valence-electron chi connectivity index (χ0n) is 11.2. The van der Waals surface area contributed by atoms with E-state index in [-0.39, 0.29) is 0 Å². The molecule has 0 aliphatic carbocycles. The topological polar surface area (TPSA) is 30.9 Å². The van der Waals surface area contributed by atoms with Gasteiger partial charge in [-0.25, -0.2) is 0 Å². The van der Waals surface area contributed by atoms with E-state index in [1.165, 1.54) is 0 Å². The smallest absolute Gasteiger partial charge is 0.203 e. The number of hydrogen-bond acceptors (Lipinski definition) is 4. The molecule has 0 atom stereocenters. The lowest BCUT2D eigenvalue weighted by atomic mass is 10.2. The highest BCUT2D eigenvalue weighted by Crippen LogP contribution is 2.38. The molecule has 0 spiro atoms. The van der Waals surface area contributed by atoms with E-state index in [1.807, 2.05) is 33.2 Å². The van der Waals surface area contributed by atoms with Crippen molar-refractivity contribution >= 4 is 0 Å². The summed E-state index contributed by atoms with van der Waals surface area (Å²) < 4.78 is 16.3. The van der Waals surface area contributed by atoms with Gasteiger partial charge in [0.1, 0.15) is 6.61 Å². The molecule has 0 unspecified atom stereocenters. The zero-order valence-corrected chi connectivity index (χ0v) is 11.2. The molecule has 0 heterocycles. The van der Waals surface area contributed by atoms with Gasteiger partial charge in [-0.1, -0.05) is 0 Å². The van der Waals surface area contributed by atoms with Gasteiger partial charge in [0.05, 0.1) is 14.2 Å². The first kappa shape index (κ1) is 13.6. The largest absolute Gasteiger partial charge is 0.493 e. The van der Waals surface area contributed by atoms with E-state index in [2.05, 4.69) is 4.90 Å². The first-order valence-corrected chi connectivity index (χ1v) is 5.58. The fourth-order valence-corrected chi connectivity index (χ4v) is 1.51. The summed E-state index contributed by atoms with van der Waals surface area (Å²) in [5.74, 6) is 2.08. The number of aryl methyl sites for hydroxylation is 1. The third kappa shape index (κ3) is 3.82. The molecule has 0 saturated carbocycles. The van der Waals surface area contributed by atoms with E-state index < -0.39 is 0 Å². The van der Waals surface area contributed by atoms with Gasteiger partial charge in [0, 0.05) is 6.54 Å². The SMILES string of the molecule is COc1cc(C)cc(OCCN(C)C)c1OC. The molecule has 96 valence electrons. The van der Waals surface area contributed by atoms with Gasteiger partial charge in [0.2, 0.25) is 5.75 Å². The van der Waals surface area contributed by atoms with Crippen LogP contribution in [0.4, 0.5) is 0 Å². The van der Waals surface area contributed by atoms with E-state index >= 15 is 0 Å². The number of benzene rings is 1. The van der Waals surface area contributed by atoms with Gasteiger partial charge >= 0.3 is 0 Å². The maximum Gasteiger partial charge on any atom is 0.203 e. The molecule has 0 N–H and O–H groups in total. The predicted molar refractivity (Wildman–Crippen MR) is 68.3 cm³/mol. The van der Waals surface area contributed by atoms with Crippen molar-refractivity contribution in [3.05, 3.63) is 17.7 Å². The van der Waals surface area contributed by atoms with Crippen LogP contribution in [-0.2, 0) is 0 Å². The van der Waals surface area contributed by atoms with E-state index in [4.69, 9.17) is 14.2 Å². The van der Waals surface area contributed by atoms with E-state index in [0.717, 1.165) is 17.9 Å². The summed E-state index contributed by atoms with van der Waals surface area (Å²) in [5, 5.41) is 0. The van der Waals surface area contributed by atoms with Crippen LogP contribution < -0.4 is 14.2 Å². The van der Waals surface area contributed by atoms with Gasteiger partial charge in [0.15, 0.2) is 11.5 Å². The Hall–Kier alpha value is -1.42. The number of ether oxygens (including phenoxy) is 3. The fraction of sp³-hybridized carbons (Fsp3) is 0.538. The van der Waals surface area contributed by atoms with Crippen LogP contribution in [0.5, 0.6) is 17.2 Å². The summed E-state index contributed by atoms with van der Waals surface area (Å²) in [7, 11) is 7.27. The number of likely N-dealkylation sites (N-methyl/N-ethyl adjacent to an activating group) is 1.